The molecule has 0 saturated carbocycles. The average molecular weight is 480 g/mol. The summed E-state index contributed by atoms with van der Waals surface area (Å²) in [6.45, 7) is 1.85. The lowest BCUT2D eigenvalue weighted by atomic mass is 9.91. The highest BCUT2D eigenvalue weighted by Crippen LogP contribution is 2.44. The number of fused-ring (bicyclic) bond motifs is 1. The molecule has 1 fully saturated rings. The molecule has 6 heteroatoms. The minimum atomic E-state index is -0.842. The van der Waals surface area contributed by atoms with Gasteiger partial charge in [-0.3, -0.25) is 14.5 Å². The third kappa shape index (κ3) is 3.77. The van der Waals surface area contributed by atoms with Gasteiger partial charge in [0.15, 0.2) is 0 Å². The quantitative estimate of drug-likeness (QED) is 0.223. The number of hydrogen-bond donors (Lipinski definition) is 1. The Balaban J connectivity index is 1.79. The van der Waals surface area contributed by atoms with E-state index >= 15 is 0 Å². The standard InChI is InChI=1S/C30H25NO5/c1-18-16-20(14-15-25(18)36-3)28(32)26-27(24-13-6-9-19-8-4-5-12-23(19)24)31(30(34)29(26)33)21-10-7-11-22(17-21)35-2/h4-17,27,32H,1-3H3/b28-26-. The third-order valence-electron chi connectivity index (χ3n) is 6.56. The lowest BCUT2D eigenvalue weighted by Crippen LogP contribution is -2.29. The zero-order valence-electron chi connectivity index (χ0n) is 20.2. The number of nitrogens with zero attached hydrogens (tertiary/aromatic N) is 1. The van der Waals surface area contributed by atoms with Crippen molar-refractivity contribution in [2.75, 3.05) is 19.1 Å². The molecule has 0 bridgehead atoms. The fraction of sp³-hybridized carbons (Fsp3) is 0.133. The van der Waals surface area contributed by atoms with E-state index in [0.717, 1.165) is 21.9 Å². The molecule has 6 nitrogen and oxygen atoms in total. The summed E-state index contributed by atoms with van der Waals surface area (Å²) in [5.74, 6) is -0.483. The molecule has 0 radical (unpaired) electrons. The maximum absolute atomic E-state index is 13.5. The molecule has 180 valence electrons. The second-order valence-electron chi connectivity index (χ2n) is 8.62. The van der Waals surface area contributed by atoms with E-state index in [1.807, 2.05) is 49.4 Å². The van der Waals surface area contributed by atoms with Gasteiger partial charge in [-0.1, -0.05) is 48.5 Å². The van der Waals surface area contributed by atoms with Crippen LogP contribution in [-0.2, 0) is 9.59 Å². The van der Waals surface area contributed by atoms with E-state index in [-0.39, 0.29) is 11.3 Å². The second-order valence-corrected chi connectivity index (χ2v) is 8.62. The van der Waals surface area contributed by atoms with Crippen LogP contribution in [0.15, 0.2) is 90.5 Å². The molecule has 1 atom stereocenters. The summed E-state index contributed by atoms with van der Waals surface area (Å²) in [6, 6.07) is 24.8. The Morgan fingerprint density at radius 2 is 1.61 bits per heavy atom. The smallest absolute Gasteiger partial charge is 0.300 e. The summed E-state index contributed by atoms with van der Waals surface area (Å²) >= 11 is 0. The highest BCUT2D eigenvalue weighted by Gasteiger charge is 2.47. The maximum Gasteiger partial charge on any atom is 0.300 e. The van der Waals surface area contributed by atoms with Crippen LogP contribution in [0.25, 0.3) is 16.5 Å². The minimum Gasteiger partial charge on any atom is -0.507 e. The zero-order valence-corrected chi connectivity index (χ0v) is 20.2. The topological polar surface area (TPSA) is 76.1 Å². The molecule has 1 amide bonds. The van der Waals surface area contributed by atoms with Crippen molar-refractivity contribution in [2.24, 2.45) is 0 Å². The Labute approximate surface area is 209 Å². The lowest BCUT2D eigenvalue weighted by molar-refractivity contribution is -0.132. The number of anilines is 1. The molecule has 1 aliphatic heterocycles. The summed E-state index contributed by atoms with van der Waals surface area (Å²) in [6.07, 6.45) is 0. The van der Waals surface area contributed by atoms with Gasteiger partial charge in [-0.25, -0.2) is 0 Å². The first kappa shape index (κ1) is 23.2. The number of ketones is 1. The minimum absolute atomic E-state index is 0.0312. The number of amides is 1. The molecule has 4 aromatic carbocycles. The highest BCUT2D eigenvalue weighted by molar-refractivity contribution is 6.52. The van der Waals surface area contributed by atoms with Crippen LogP contribution in [-0.4, -0.2) is 31.0 Å². The Morgan fingerprint density at radius 1 is 0.861 bits per heavy atom. The van der Waals surface area contributed by atoms with Crippen molar-refractivity contribution >= 4 is 33.9 Å². The average Bonchev–Trinajstić information content (AvgIpc) is 3.17. The van der Waals surface area contributed by atoms with E-state index < -0.39 is 17.7 Å². The number of carbonyl (C=O) groups excluding carboxylic acids is 2. The molecule has 1 unspecified atom stereocenters. The van der Waals surface area contributed by atoms with Crippen molar-refractivity contribution in [3.63, 3.8) is 0 Å². The molecule has 1 saturated heterocycles. The monoisotopic (exact) mass is 479 g/mol. The van der Waals surface area contributed by atoms with Gasteiger partial charge in [0.25, 0.3) is 11.7 Å². The van der Waals surface area contributed by atoms with Crippen molar-refractivity contribution in [3.8, 4) is 11.5 Å². The number of aliphatic hydroxyl groups is 1. The Bertz CT molecular complexity index is 1530. The molecule has 1 heterocycles. The number of carbonyl (C=O) groups is 2. The number of methoxy groups -OCH3 is 2. The number of benzene rings is 4. The number of rotatable bonds is 5. The SMILES string of the molecule is COc1cccc(N2C(=O)C(=O)/C(=C(\O)c3ccc(OC)c(C)c3)C2c2cccc3ccccc23)c1. The number of hydrogen-bond acceptors (Lipinski definition) is 5. The van der Waals surface area contributed by atoms with E-state index in [1.54, 1.807) is 56.7 Å². The van der Waals surface area contributed by atoms with E-state index in [2.05, 4.69) is 0 Å². The molecule has 0 spiro atoms. The summed E-state index contributed by atoms with van der Waals surface area (Å²) in [5, 5.41) is 13.3. The fourth-order valence-corrected chi connectivity index (χ4v) is 4.82. The van der Waals surface area contributed by atoms with E-state index in [9.17, 15) is 14.7 Å². The number of aryl methyl sites for hydroxylation is 1. The zero-order chi connectivity index (χ0) is 25.4. The lowest BCUT2D eigenvalue weighted by Gasteiger charge is -2.27. The highest BCUT2D eigenvalue weighted by atomic mass is 16.5. The Kier molecular flexibility index (Phi) is 5.94. The molecule has 5 rings (SSSR count). The van der Waals surface area contributed by atoms with Crippen LogP contribution in [0.3, 0.4) is 0 Å². The Hall–Kier alpha value is -4.58. The van der Waals surface area contributed by atoms with Gasteiger partial charge < -0.3 is 14.6 Å². The van der Waals surface area contributed by atoms with Crippen LogP contribution >= 0.6 is 0 Å². The van der Waals surface area contributed by atoms with Gasteiger partial charge in [-0.05, 0) is 59.2 Å². The van der Waals surface area contributed by atoms with Gasteiger partial charge in [-0.2, -0.15) is 0 Å². The third-order valence-corrected chi connectivity index (χ3v) is 6.56. The molecule has 36 heavy (non-hydrogen) atoms. The normalized spacial score (nSPS) is 17.0. The summed E-state index contributed by atoms with van der Waals surface area (Å²) in [4.78, 5) is 28.5. The van der Waals surface area contributed by atoms with Gasteiger partial charge in [0.2, 0.25) is 0 Å². The van der Waals surface area contributed by atoms with Gasteiger partial charge >= 0.3 is 0 Å². The van der Waals surface area contributed by atoms with Crippen LogP contribution < -0.4 is 14.4 Å². The van der Waals surface area contributed by atoms with Crippen molar-refractivity contribution in [1.82, 2.24) is 0 Å². The number of aliphatic hydroxyl groups excluding tert-OH is 1. The van der Waals surface area contributed by atoms with Crippen molar-refractivity contribution in [2.45, 2.75) is 13.0 Å². The van der Waals surface area contributed by atoms with Crippen LogP contribution in [0.2, 0.25) is 0 Å². The van der Waals surface area contributed by atoms with Crippen LogP contribution in [0, 0.1) is 6.92 Å². The van der Waals surface area contributed by atoms with Gasteiger partial charge in [0.1, 0.15) is 17.3 Å². The molecular formula is C30H25NO5. The number of Topliss-reactive ketones (excluding diaryl/α,β-unsaturated/α-hetero) is 1. The van der Waals surface area contributed by atoms with Crippen LogP contribution in [0.4, 0.5) is 5.69 Å². The Morgan fingerprint density at radius 3 is 2.36 bits per heavy atom. The molecule has 4 aromatic rings. The molecule has 1 aliphatic rings. The van der Waals surface area contributed by atoms with Gasteiger partial charge in [0, 0.05) is 17.3 Å². The van der Waals surface area contributed by atoms with Gasteiger partial charge in [-0.15, -0.1) is 0 Å². The van der Waals surface area contributed by atoms with Crippen LogP contribution in [0.1, 0.15) is 22.7 Å². The summed E-state index contributed by atoms with van der Waals surface area (Å²) < 4.78 is 10.7. The summed E-state index contributed by atoms with van der Waals surface area (Å²) in [5.41, 5.74) is 2.50. The number of ether oxygens (including phenoxy) is 2. The van der Waals surface area contributed by atoms with Crippen molar-refractivity contribution < 1.29 is 24.2 Å². The van der Waals surface area contributed by atoms with E-state index in [0.29, 0.717) is 22.7 Å². The van der Waals surface area contributed by atoms with Crippen molar-refractivity contribution in [1.29, 1.82) is 0 Å². The van der Waals surface area contributed by atoms with Crippen LogP contribution in [0.5, 0.6) is 11.5 Å². The van der Waals surface area contributed by atoms with Crippen molar-refractivity contribution in [3.05, 3.63) is 107 Å². The predicted octanol–water partition coefficient (Wildman–Crippen LogP) is 5.79. The largest absolute Gasteiger partial charge is 0.507 e. The molecule has 1 N–H and O–H groups in total. The molecule has 0 aliphatic carbocycles. The van der Waals surface area contributed by atoms with E-state index in [4.69, 9.17) is 9.47 Å². The first-order valence-corrected chi connectivity index (χ1v) is 11.5. The second kappa shape index (κ2) is 9.23. The van der Waals surface area contributed by atoms with E-state index in [1.165, 1.54) is 4.90 Å². The first-order chi connectivity index (χ1) is 17.4. The fourth-order valence-electron chi connectivity index (χ4n) is 4.82. The molecular weight excluding hydrogens is 454 g/mol. The first-order valence-electron chi connectivity index (χ1n) is 11.5. The molecule has 0 aromatic heterocycles. The van der Waals surface area contributed by atoms with Gasteiger partial charge in [0.05, 0.1) is 25.8 Å². The predicted molar refractivity (Wildman–Crippen MR) is 139 cm³/mol. The summed E-state index contributed by atoms with van der Waals surface area (Å²) in [7, 11) is 3.11. The maximum atomic E-state index is 13.5.